The maximum absolute atomic E-state index is 13.8. The van der Waals surface area contributed by atoms with E-state index in [-0.39, 0.29) is 39.0 Å². The van der Waals surface area contributed by atoms with Crippen molar-refractivity contribution in [1.82, 2.24) is 4.98 Å². The summed E-state index contributed by atoms with van der Waals surface area (Å²) in [6.45, 7) is 5.19. The van der Waals surface area contributed by atoms with E-state index in [0.717, 1.165) is 11.3 Å². The van der Waals surface area contributed by atoms with Crippen LogP contribution in [-0.2, 0) is 9.47 Å². The highest BCUT2D eigenvalue weighted by Gasteiger charge is 2.45. The van der Waals surface area contributed by atoms with Crippen LogP contribution in [0.15, 0.2) is 68.8 Å². The van der Waals surface area contributed by atoms with Crippen LogP contribution in [0.1, 0.15) is 53.4 Å². The van der Waals surface area contributed by atoms with Crippen LogP contribution in [0.25, 0.3) is 11.0 Å². The predicted octanol–water partition coefficient (Wildman–Crippen LogP) is 5.20. The molecule has 0 saturated heterocycles. The van der Waals surface area contributed by atoms with Crippen LogP contribution in [0.5, 0.6) is 0 Å². The largest absolute Gasteiger partial charge is 0.465 e. The number of benzene rings is 2. The van der Waals surface area contributed by atoms with E-state index in [9.17, 15) is 19.2 Å². The van der Waals surface area contributed by atoms with Gasteiger partial charge in [0, 0.05) is 4.47 Å². The molecule has 3 heterocycles. The molecule has 9 nitrogen and oxygen atoms in total. The van der Waals surface area contributed by atoms with Crippen molar-refractivity contribution in [2.24, 2.45) is 0 Å². The van der Waals surface area contributed by atoms with Crippen LogP contribution in [0.4, 0.5) is 5.13 Å². The predicted molar refractivity (Wildman–Crippen MR) is 144 cm³/mol. The molecule has 2 aromatic carbocycles. The van der Waals surface area contributed by atoms with Gasteiger partial charge in [-0.15, -0.1) is 0 Å². The number of hydrogen-bond donors (Lipinski definition) is 0. The molecule has 4 aromatic rings. The molecule has 5 rings (SSSR count). The molecule has 1 amide bonds. The zero-order valence-electron chi connectivity index (χ0n) is 20.1. The van der Waals surface area contributed by atoms with E-state index in [1.165, 1.54) is 18.1 Å². The molecule has 0 radical (unpaired) electrons. The topological polar surface area (TPSA) is 116 Å². The first kappa shape index (κ1) is 25.6. The first-order valence-corrected chi connectivity index (χ1v) is 12.9. The lowest BCUT2D eigenvalue weighted by atomic mass is 9.98. The Bertz CT molecular complexity index is 1690. The second-order valence-corrected chi connectivity index (χ2v) is 10.2. The molecular formula is C27H19BrN2O7S. The molecule has 0 fully saturated rings. The van der Waals surface area contributed by atoms with Gasteiger partial charge in [-0.25, -0.2) is 14.6 Å². The summed E-state index contributed by atoms with van der Waals surface area (Å²) in [7, 11) is 1.28. The molecule has 1 atom stereocenters. The zero-order valence-corrected chi connectivity index (χ0v) is 22.6. The fraction of sp³-hybridized carbons (Fsp3) is 0.148. The lowest BCUT2D eigenvalue weighted by molar-refractivity contribution is 0.0552. The van der Waals surface area contributed by atoms with Crippen molar-refractivity contribution >= 4 is 61.2 Å². The van der Waals surface area contributed by atoms with Crippen molar-refractivity contribution in [2.45, 2.75) is 13.0 Å². The van der Waals surface area contributed by atoms with Gasteiger partial charge in [0.05, 0.1) is 35.4 Å². The minimum atomic E-state index is -0.925. The Kier molecular flexibility index (Phi) is 6.72. The highest BCUT2D eigenvalue weighted by atomic mass is 79.9. The van der Waals surface area contributed by atoms with E-state index in [2.05, 4.69) is 27.5 Å². The average Bonchev–Trinajstić information content (AvgIpc) is 3.44. The van der Waals surface area contributed by atoms with Crippen molar-refractivity contribution in [2.75, 3.05) is 18.6 Å². The Balaban J connectivity index is 1.70. The fourth-order valence-electron chi connectivity index (χ4n) is 4.25. The SMILES string of the molecule is C=CCOC(=O)c1sc(N2C(=O)c3oc4ccc(Br)cc4c(=O)c3C2c2ccc(C(=O)OC)cc2)nc1C. The second kappa shape index (κ2) is 9.99. The third kappa shape index (κ3) is 4.23. The standard InChI is InChI=1S/C27H19BrN2O7S/c1-4-11-36-26(34)23-13(2)29-27(38-23)30-20(14-5-7-15(8-6-14)25(33)35-3)19-21(31)17-12-16(28)9-10-18(17)37-22(19)24(30)32/h4-10,12,20H,1,11H2,2-3H3. The monoisotopic (exact) mass is 594 g/mol. The summed E-state index contributed by atoms with van der Waals surface area (Å²) in [6, 6.07) is 10.4. The lowest BCUT2D eigenvalue weighted by Crippen LogP contribution is -2.29. The normalized spacial score (nSPS) is 14.4. The van der Waals surface area contributed by atoms with Crippen LogP contribution in [0.2, 0.25) is 0 Å². The van der Waals surface area contributed by atoms with Crippen LogP contribution in [-0.4, -0.2) is 36.5 Å². The number of nitrogens with zero attached hydrogens (tertiary/aromatic N) is 2. The summed E-state index contributed by atoms with van der Waals surface area (Å²) in [6.07, 6.45) is 1.45. The Morgan fingerprint density at radius 3 is 2.61 bits per heavy atom. The number of fused-ring (bicyclic) bond motifs is 2. The van der Waals surface area contributed by atoms with E-state index in [0.29, 0.717) is 26.7 Å². The van der Waals surface area contributed by atoms with Crippen molar-refractivity contribution in [3.05, 3.63) is 103 Å². The summed E-state index contributed by atoms with van der Waals surface area (Å²) in [5.41, 5.74) is 1.23. The Labute approximate surface area is 228 Å². The first-order chi connectivity index (χ1) is 18.2. The van der Waals surface area contributed by atoms with E-state index >= 15 is 0 Å². The van der Waals surface area contributed by atoms with Crippen molar-refractivity contribution in [3.63, 3.8) is 0 Å². The molecule has 1 aliphatic rings. The maximum atomic E-state index is 13.8. The molecule has 0 N–H and O–H groups in total. The van der Waals surface area contributed by atoms with E-state index in [1.54, 1.807) is 49.4 Å². The maximum Gasteiger partial charge on any atom is 0.350 e. The van der Waals surface area contributed by atoms with Crippen molar-refractivity contribution in [3.8, 4) is 0 Å². The number of aromatic nitrogens is 1. The molecule has 0 spiro atoms. The smallest absolute Gasteiger partial charge is 0.350 e. The van der Waals surface area contributed by atoms with Gasteiger partial charge in [-0.2, -0.15) is 0 Å². The molecular weight excluding hydrogens is 576 g/mol. The molecule has 0 bridgehead atoms. The quantitative estimate of drug-likeness (QED) is 0.221. The molecule has 192 valence electrons. The van der Waals surface area contributed by atoms with E-state index in [4.69, 9.17) is 13.9 Å². The number of hydrogen-bond acceptors (Lipinski definition) is 9. The number of thiazole rings is 1. The van der Waals surface area contributed by atoms with Gasteiger partial charge in [-0.1, -0.05) is 52.1 Å². The average molecular weight is 595 g/mol. The molecule has 1 unspecified atom stereocenters. The molecule has 11 heteroatoms. The number of carbonyl (C=O) groups excluding carboxylic acids is 3. The summed E-state index contributed by atoms with van der Waals surface area (Å²) in [5.74, 6) is -1.82. The highest BCUT2D eigenvalue weighted by molar-refractivity contribution is 9.10. The summed E-state index contributed by atoms with van der Waals surface area (Å²) in [5, 5.41) is 0.490. The lowest BCUT2D eigenvalue weighted by Gasteiger charge is -2.22. The van der Waals surface area contributed by atoms with Crippen LogP contribution < -0.4 is 10.3 Å². The van der Waals surface area contributed by atoms with Gasteiger partial charge in [0.1, 0.15) is 17.1 Å². The number of anilines is 1. The van der Waals surface area contributed by atoms with Crippen LogP contribution in [0.3, 0.4) is 0 Å². The summed E-state index contributed by atoms with van der Waals surface area (Å²) in [4.78, 5) is 58.1. The zero-order chi connectivity index (χ0) is 27.1. The van der Waals surface area contributed by atoms with Gasteiger partial charge in [0.15, 0.2) is 10.6 Å². The number of methoxy groups -OCH3 is 1. The van der Waals surface area contributed by atoms with Gasteiger partial charge in [-0.3, -0.25) is 14.5 Å². The third-order valence-electron chi connectivity index (χ3n) is 5.99. The molecule has 38 heavy (non-hydrogen) atoms. The minimum Gasteiger partial charge on any atom is -0.465 e. The van der Waals surface area contributed by atoms with Gasteiger partial charge in [0.25, 0.3) is 5.91 Å². The molecule has 1 aliphatic heterocycles. The first-order valence-electron chi connectivity index (χ1n) is 11.3. The van der Waals surface area contributed by atoms with Crippen LogP contribution in [0, 0.1) is 6.92 Å². The number of aryl methyl sites for hydroxylation is 1. The Morgan fingerprint density at radius 1 is 1.18 bits per heavy atom. The number of carbonyl (C=O) groups is 3. The Hall–Kier alpha value is -4.09. The fourth-order valence-corrected chi connectivity index (χ4v) is 5.60. The van der Waals surface area contributed by atoms with Gasteiger partial charge in [-0.05, 0) is 42.8 Å². The second-order valence-electron chi connectivity index (χ2n) is 8.30. The van der Waals surface area contributed by atoms with Crippen molar-refractivity contribution < 1.29 is 28.3 Å². The van der Waals surface area contributed by atoms with Gasteiger partial charge >= 0.3 is 11.9 Å². The van der Waals surface area contributed by atoms with E-state index in [1.807, 2.05) is 0 Å². The minimum absolute atomic E-state index is 0.0231. The Morgan fingerprint density at radius 2 is 1.92 bits per heavy atom. The molecule has 2 aromatic heterocycles. The van der Waals surface area contributed by atoms with Crippen molar-refractivity contribution in [1.29, 1.82) is 0 Å². The number of esters is 2. The highest BCUT2D eigenvalue weighted by Crippen LogP contribution is 2.43. The van der Waals surface area contributed by atoms with E-state index < -0.39 is 23.9 Å². The molecule has 0 saturated carbocycles. The third-order valence-corrected chi connectivity index (χ3v) is 7.62. The number of rotatable bonds is 6. The summed E-state index contributed by atoms with van der Waals surface area (Å²) >= 11 is 4.35. The number of amides is 1. The summed E-state index contributed by atoms with van der Waals surface area (Å²) < 4.78 is 16.6. The van der Waals surface area contributed by atoms with Crippen LogP contribution >= 0.6 is 27.3 Å². The van der Waals surface area contributed by atoms with Gasteiger partial charge in [0.2, 0.25) is 5.76 Å². The number of ether oxygens (including phenoxy) is 2. The van der Waals surface area contributed by atoms with Gasteiger partial charge < -0.3 is 13.9 Å². The molecule has 0 aliphatic carbocycles. The number of halogens is 1.